The summed E-state index contributed by atoms with van der Waals surface area (Å²) in [7, 11) is 0. The molecule has 1 unspecified atom stereocenters. The lowest BCUT2D eigenvalue weighted by Crippen LogP contribution is -2.61. The Morgan fingerprint density at radius 2 is 1.84 bits per heavy atom. The fourth-order valence-corrected chi connectivity index (χ4v) is 6.20. The standard InChI is InChI=1S/C31H41ClN4O6S/c1-2-42-30(39)23-34(13-4-12-33-16-18-41-19-17-33)28(37)21-27-31(40)35(14-10-24-6-8-25(32)9-7-24)22-29(38)36(27)15-11-26-5-3-20-43-26/h3,5-9,20,27H,2,4,10-19,21-23H2,1H3. The summed E-state index contributed by atoms with van der Waals surface area (Å²) in [5, 5.41) is 2.60. The van der Waals surface area contributed by atoms with E-state index in [1.54, 1.807) is 40.2 Å². The van der Waals surface area contributed by atoms with Crippen LogP contribution in [-0.2, 0) is 41.5 Å². The van der Waals surface area contributed by atoms with Crippen LogP contribution in [0, 0.1) is 0 Å². The number of carbonyl (C=O) groups excluding carboxylic acids is 4. The lowest BCUT2D eigenvalue weighted by atomic mass is 10.0. The summed E-state index contributed by atoms with van der Waals surface area (Å²) in [4.78, 5) is 61.4. The van der Waals surface area contributed by atoms with Gasteiger partial charge in [0.1, 0.15) is 12.6 Å². The van der Waals surface area contributed by atoms with Crippen molar-refractivity contribution in [1.29, 1.82) is 0 Å². The fourth-order valence-electron chi connectivity index (χ4n) is 5.38. The Morgan fingerprint density at radius 1 is 1.07 bits per heavy atom. The van der Waals surface area contributed by atoms with Gasteiger partial charge in [-0.15, -0.1) is 11.3 Å². The van der Waals surface area contributed by atoms with Crippen molar-refractivity contribution in [3.05, 3.63) is 57.2 Å². The second-order valence-electron chi connectivity index (χ2n) is 10.7. The van der Waals surface area contributed by atoms with Crippen molar-refractivity contribution in [3.63, 3.8) is 0 Å². The molecule has 2 aliphatic rings. The second-order valence-corrected chi connectivity index (χ2v) is 12.2. The molecule has 4 rings (SSSR count). The van der Waals surface area contributed by atoms with Gasteiger partial charge in [0.15, 0.2) is 0 Å². The first-order valence-corrected chi connectivity index (χ1v) is 16.2. The quantitative estimate of drug-likeness (QED) is 0.279. The highest BCUT2D eigenvalue weighted by atomic mass is 35.5. The maximum atomic E-state index is 13.9. The van der Waals surface area contributed by atoms with Crippen LogP contribution in [0.1, 0.15) is 30.2 Å². The van der Waals surface area contributed by atoms with E-state index in [0.717, 1.165) is 30.1 Å². The zero-order valence-electron chi connectivity index (χ0n) is 24.7. The summed E-state index contributed by atoms with van der Waals surface area (Å²) in [6.45, 7) is 6.52. The highest BCUT2D eigenvalue weighted by Gasteiger charge is 2.41. The number of hydrogen-bond donors (Lipinski definition) is 0. The molecule has 1 aromatic heterocycles. The monoisotopic (exact) mass is 632 g/mol. The second kappa shape index (κ2) is 16.7. The van der Waals surface area contributed by atoms with Crippen molar-refractivity contribution in [2.24, 2.45) is 0 Å². The Bertz CT molecular complexity index is 1210. The Kier molecular flexibility index (Phi) is 12.8. The van der Waals surface area contributed by atoms with E-state index in [2.05, 4.69) is 4.90 Å². The molecule has 43 heavy (non-hydrogen) atoms. The predicted molar refractivity (Wildman–Crippen MR) is 165 cm³/mol. The van der Waals surface area contributed by atoms with E-state index in [1.165, 1.54) is 4.90 Å². The molecule has 2 saturated heterocycles. The number of carbonyl (C=O) groups is 4. The molecule has 0 N–H and O–H groups in total. The van der Waals surface area contributed by atoms with Crippen LogP contribution in [0.5, 0.6) is 0 Å². The van der Waals surface area contributed by atoms with Crippen LogP contribution < -0.4 is 0 Å². The molecule has 0 aliphatic carbocycles. The lowest BCUT2D eigenvalue weighted by molar-refractivity contribution is -0.159. The third kappa shape index (κ3) is 10.0. The van der Waals surface area contributed by atoms with E-state index in [1.807, 2.05) is 29.6 Å². The summed E-state index contributed by atoms with van der Waals surface area (Å²) in [6.07, 6.45) is 1.63. The Labute approximate surface area is 262 Å². The number of halogens is 1. The minimum Gasteiger partial charge on any atom is -0.465 e. The van der Waals surface area contributed by atoms with Crippen molar-refractivity contribution >= 4 is 46.6 Å². The minimum absolute atomic E-state index is 0.0341. The van der Waals surface area contributed by atoms with Gasteiger partial charge in [0.2, 0.25) is 17.7 Å². The SMILES string of the molecule is CCOC(=O)CN(CCCN1CCOCC1)C(=O)CC1C(=O)N(CCc2ccc(Cl)cc2)CC(=O)N1CCc1cccs1. The summed E-state index contributed by atoms with van der Waals surface area (Å²) >= 11 is 7.60. The van der Waals surface area contributed by atoms with E-state index < -0.39 is 12.0 Å². The van der Waals surface area contributed by atoms with Crippen molar-refractivity contribution in [1.82, 2.24) is 19.6 Å². The van der Waals surface area contributed by atoms with Crippen LogP contribution >= 0.6 is 22.9 Å². The zero-order chi connectivity index (χ0) is 30.6. The van der Waals surface area contributed by atoms with E-state index in [-0.39, 0.29) is 43.8 Å². The summed E-state index contributed by atoms with van der Waals surface area (Å²) < 4.78 is 10.6. The molecule has 234 valence electrons. The molecule has 0 radical (unpaired) electrons. The molecule has 1 atom stereocenters. The fraction of sp³-hybridized carbons (Fsp3) is 0.548. The largest absolute Gasteiger partial charge is 0.465 e. The van der Waals surface area contributed by atoms with Crippen LogP contribution in [-0.4, -0.2) is 122 Å². The molecular formula is C31H41ClN4O6S. The number of morpholine rings is 1. The molecule has 12 heteroatoms. The molecule has 2 aliphatic heterocycles. The number of amides is 3. The summed E-state index contributed by atoms with van der Waals surface area (Å²) in [5.41, 5.74) is 0.998. The molecular weight excluding hydrogens is 592 g/mol. The van der Waals surface area contributed by atoms with Crippen molar-refractivity contribution in [2.45, 2.75) is 38.6 Å². The van der Waals surface area contributed by atoms with Gasteiger partial charge in [-0.05, 0) is 55.3 Å². The van der Waals surface area contributed by atoms with Gasteiger partial charge in [-0.2, -0.15) is 0 Å². The normalized spacial score (nSPS) is 17.8. The van der Waals surface area contributed by atoms with Gasteiger partial charge in [0, 0.05) is 49.2 Å². The summed E-state index contributed by atoms with van der Waals surface area (Å²) in [6, 6.07) is 10.4. The Hall–Kier alpha value is -2.99. The van der Waals surface area contributed by atoms with Gasteiger partial charge >= 0.3 is 5.97 Å². The number of piperazine rings is 1. The number of esters is 1. The highest BCUT2D eigenvalue weighted by Crippen LogP contribution is 2.21. The smallest absolute Gasteiger partial charge is 0.325 e. The number of thiophene rings is 1. The molecule has 0 spiro atoms. The average molecular weight is 633 g/mol. The molecule has 2 fully saturated rings. The van der Waals surface area contributed by atoms with E-state index in [0.29, 0.717) is 57.1 Å². The average Bonchev–Trinajstić information content (AvgIpc) is 3.52. The van der Waals surface area contributed by atoms with E-state index in [9.17, 15) is 19.2 Å². The van der Waals surface area contributed by atoms with Gasteiger partial charge in [0.05, 0.1) is 32.8 Å². The molecule has 3 amide bonds. The predicted octanol–water partition coefficient (Wildman–Crippen LogP) is 2.73. The van der Waals surface area contributed by atoms with E-state index in [4.69, 9.17) is 21.1 Å². The van der Waals surface area contributed by atoms with Crippen molar-refractivity contribution in [3.8, 4) is 0 Å². The number of rotatable bonds is 15. The molecule has 1 aromatic carbocycles. The van der Waals surface area contributed by atoms with Gasteiger partial charge in [-0.3, -0.25) is 24.1 Å². The van der Waals surface area contributed by atoms with Crippen molar-refractivity contribution in [2.75, 3.05) is 72.2 Å². The van der Waals surface area contributed by atoms with Gasteiger partial charge in [0.25, 0.3) is 0 Å². The van der Waals surface area contributed by atoms with Crippen LogP contribution in [0.2, 0.25) is 5.02 Å². The molecule has 10 nitrogen and oxygen atoms in total. The van der Waals surface area contributed by atoms with Gasteiger partial charge < -0.3 is 24.2 Å². The van der Waals surface area contributed by atoms with E-state index >= 15 is 0 Å². The van der Waals surface area contributed by atoms with Gasteiger partial charge in [-0.1, -0.05) is 29.8 Å². The topological polar surface area (TPSA) is 99.7 Å². The van der Waals surface area contributed by atoms with Crippen LogP contribution in [0.4, 0.5) is 0 Å². The number of nitrogens with zero attached hydrogens (tertiary/aromatic N) is 4. The summed E-state index contributed by atoms with van der Waals surface area (Å²) in [5.74, 6) is -1.28. The number of benzene rings is 1. The highest BCUT2D eigenvalue weighted by molar-refractivity contribution is 7.09. The molecule has 0 saturated carbocycles. The first-order chi connectivity index (χ1) is 20.8. The maximum Gasteiger partial charge on any atom is 0.325 e. The molecule has 3 heterocycles. The van der Waals surface area contributed by atoms with Crippen LogP contribution in [0.15, 0.2) is 41.8 Å². The number of hydrogen-bond acceptors (Lipinski definition) is 8. The first-order valence-electron chi connectivity index (χ1n) is 14.9. The third-order valence-corrected chi connectivity index (χ3v) is 8.92. The lowest BCUT2D eigenvalue weighted by Gasteiger charge is -2.40. The molecule has 2 aromatic rings. The third-order valence-electron chi connectivity index (χ3n) is 7.73. The maximum absolute atomic E-state index is 13.9. The van der Waals surface area contributed by atoms with Crippen LogP contribution in [0.3, 0.4) is 0 Å². The van der Waals surface area contributed by atoms with Gasteiger partial charge in [-0.25, -0.2) is 0 Å². The minimum atomic E-state index is -0.942. The molecule has 0 bridgehead atoms. The van der Waals surface area contributed by atoms with Crippen LogP contribution in [0.25, 0.3) is 0 Å². The Balaban J connectivity index is 1.46. The Morgan fingerprint density at radius 3 is 2.53 bits per heavy atom. The first kappa shape index (κ1) is 32.9. The number of ether oxygens (including phenoxy) is 2. The van der Waals surface area contributed by atoms with Crippen molar-refractivity contribution < 1.29 is 28.7 Å². The zero-order valence-corrected chi connectivity index (χ0v) is 26.3.